The summed E-state index contributed by atoms with van der Waals surface area (Å²) in [5.74, 6) is 0.764. The molecule has 0 aliphatic rings. The first-order chi connectivity index (χ1) is 10.4. The Balaban J connectivity index is 2.19. The summed E-state index contributed by atoms with van der Waals surface area (Å²) in [5, 5.41) is 0. The van der Waals surface area contributed by atoms with Crippen molar-refractivity contribution in [2.24, 2.45) is 0 Å². The number of nitrogens with zero attached hydrogens (tertiary/aromatic N) is 2. The quantitative estimate of drug-likeness (QED) is 0.937. The van der Waals surface area contributed by atoms with Crippen molar-refractivity contribution in [3.8, 4) is 5.75 Å². The van der Waals surface area contributed by atoms with Gasteiger partial charge in [0.2, 0.25) is 0 Å². The molecule has 6 nitrogen and oxygen atoms in total. The highest BCUT2D eigenvalue weighted by molar-refractivity contribution is 5.94. The number of aromatic amines is 1. The van der Waals surface area contributed by atoms with Gasteiger partial charge in [-0.3, -0.25) is 14.7 Å². The van der Waals surface area contributed by atoms with Crippen LogP contribution in [0, 0.1) is 0 Å². The number of nitrogens with one attached hydrogen (secondary N) is 1. The average molecular weight is 301 g/mol. The van der Waals surface area contributed by atoms with E-state index in [0.29, 0.717) is 11.6 Å². The van der Waals surface area contributed by atoms with Gasteiger partial charge in [-0.25, -0.2) is 9.78 Å². The van der Waals surface area contributed by atoms with E-state index in [9.17, 15) is 9.59 Å². The Morgan fingerprint density at radius 1 is 1.23 bits per heavy atom. The number of hydrogen-bond acceptors (Lipinski definition) is 4. The van der Waals surface area contributed by atoms with Crippen molar-refractivity contribution in [2.75, 3.05) is 11.5 Å². The lowest BCUT2D eigenvalue weighted by molar-refractivity contribution is -0.121. The molecule has 2 rings (SSSR count). The second-order valence-electron chi connectivity index (χ2n) is 5.76. The molecular formula is C16H19N3O3. The first kappa shape index (κ1) is 15.8. The molecule has 0 radical (unpaired) electrons. The van der Waals surface area contributed by atoms with Crippen LogP contribution in [0.3, 0.4) is 0 Å². The van der Waals surface area contributed by atoms with Crippen LogP contribution in [0.15, 0.2) is 47.4 Å². The van der Waals surface area contributed by atoms with Crippen molar-refractivity contribution in [1.82, 2.24) is 9.97 Å². The molecule has 0 fully saturated rings. The van der Waals surface area contributed by atoms with Crippen LogP contribution >= 0.6 is 0 Å². The molecule has 0 atom stereocenters. The largest absolute Gasteiger partial charge is 0.484 e. The number of rotatable bonds is 4. The highest BCUT2D eigenvalue weighted by Gasteiger charge is 2.29. The van der Waals surface area contributed by atoms with Crippen LogP contribution in [0.1, 0.15) is 20.8 Å². The van der Waals surface area contributed by atoms with E-state index in [-0.39, 0.29) is 12.5 Å². The molecule has 22 heavy (non-hydrogen) atoms. The number of hydrogen-bond donors (Lipinski definition) is 1. The molecule has 0 aliphatic heterocycles. The number of para-hydroxylation sites is 1. The van der Waals surface area contributed by atoms with Gasteiger partial charge in [-0.2, -0.15) is 0 Å². The number of ether oxygens (including phenoxy) is 1. The van der Waals surface area contributed by atoms with Gasteiger partial charge in [-0.1, -0.05) is 18.2 Å². The van der Waals surface area contributed by atoms with E-state index in [1.54, 1.807) is 18.2 Å². The summed E-state index contributed by atoms with van der Waals surface area (Å²) in [4.78, 5) is 31.6. The van der Waals surface area contributed by atoms with Gasteiger partial charge in [0, 0.05) is 11.7 Å². The lowest BCUT2D eigenvalue weighted by Gasteiger charge is -2.34. The Labute approximate surface area is 128 Å². The fourth-order valence-corrected chi connectivity index (χ4v) is 2.09. The molecule has 1 heterocycles. The number of anilines is 1. The van der Waals surface area contributed by atoms with Gasteiger partial charge in [0.05, 0.1) is 0 Å². The first-order valence-corrected chi connectivity index (χ1v) is 6.94. The van der Waals surface area contributed by atoms with Crippen molar-refractivity contribution in [3.63, 3.8) is 0 Å². The smallest absolute Gasteiger partial charge is 0.346 e. The van der Waals surface area contributed by atoms with E-state index in [1.807, 2.05) is 39.0 Å². The maximum atomic E-state index is 12.5. The van der Waals surface area contributed by atoms with Gasteiger partial charge in [-0.15, -0.1) is 0 Å². The third-order valence-electron chi connectivity index (χ3n) is 2.93. The number of H-pyrrole nitrogens is 1. The molecule has 1 aromatic carbocycles. The van der Waals surface area contributed by atoms with Gasteiger partial charge in [0.15, 0.2) is 6.61 Å². The van der Waals surface area contributed by atoms with E-state index in [1.165, 1.54) is 11.1 Å². The highest BCUT2D eigenvalue weighted by Crippen LogP contribution is 2.21. The van der Waals surface area contributed by atoms with Crippen molar-refractivity contribution in [1.29, 1.82) is 0 Å². The minimum atomic E-state index is -0.512. The van der Waals surface area contributed by atoms with Crippen LogP contribution in [0.2, 0.25) is 0 Å². The van der Waals surface area contributed by atoms with Crippen LogP contribution in [0.4, 0.5) is 5.82 Å². The summed E-state index contributed by atoms with van der Waals surface area (Å²) in [5.41, 5.74) is -1.01. The van der Waals surface area contributed by atoms with Gasteiger partial charge in [0.1, 0.15) is 11.6 Å². The molecule has 2 aromatic rings. The third-order valence-corrected chi connectivity index (χ3v) is 2.93. The molecular weight excluding hydrogens is 282 g/mol. The van der Waals surface area contributed by atoms with Crippen LogP contribution in [0.5, 0.6) is 5.75 Å². The Hall–Kier alpha value is -2.63. The van der Waals surface area contributed by atoms with E-state index in [0.717, 1.165) is 0 Å². The molecule has 0 saturated heterocycles. The monoisotopic (exact) mass is 301 g/mol. The van der Waals surface area contributed by atoms with Crippen molar-refractivity contribution >= 4 is 11.7 Å². The molecule has 0 bridgehead atoms. The second-order valence-corrected chi connectivity index (χ2v) is 5.76. The Bertz CT molecular complexity index is 690. The van der Waals surface area contributed by atoms with Gasteiger partial charge in [-0.05, 0) is 39.0 Å². The van der Waals surface area contributed by atoms with Gasteiger partial charge < -0.3 is 4.74 Å². The number of aromatic nitrogens is 2. The SMILES string of the molecule is CC(C)(C)N(C(=O)COc1ccccc1)c1ccnc(=O)[nH]1. The summed E-state index contributed by atoms with van der Waals surface area (Å²) < 4.78 is 5.50. The summed E-state index contributed by atoms with van der Waals surface area (Å²) >= 11 is 0. The van der Waals surface area contributed by atoms with Crippen LogP contribution in [-0.4, -0.2) is 28.0 Å². The standard InChI is InChI=1S/C16H19N3O3/c1-16(2,3)19(13-9-10-17-15(21)18-13)14(20)11-22-12-7-5-4-6-8-12/h4-10H,11H2,1-3H3,(H,17,18,21). The lowest BCUT2D eigenvalue weighted by Crippen LogP contribution is -2.49. The van der Waals surface area contributed by atoms with Crippen LogP contribution < -0.4 is 15.3 Å². The lowest BCUT2D eigenvalue weighted by atomic mass is 10.1. The Kier molecular flexibility index (Phi) is 4.60. The van der Waals surface area contributed by atoms with Crippen LogP contribution in [-0.2, 0) is 4.79 Å². The first-order valence-electron chi connectivity index (χ1n) is 6.94. The fourth-order valence-electron chi connectivity index (χ4n) is 2.09. The average Bonchev–Trinajstić information content (AvgIpc) is 2.45. The summed E-state index contributed by atoms with van der Waals surface area (Å²) in [6.45, 7) is 5.52. The number of benzene rings is 1. The maximum Gasteiger partial charge on any atom is 0.346 e. The highest BCUT2D eigenvalue weighted by atomic mass is 16.5. The molecule has 0 spiro atoms. The molecule has 1 amide bonds. The van der Waals surface area contributed by atoms with E-state index in [2.05, 4.69) is 9.97 Å². The van der Waals surface area contributed by atoms with Gasteiger partial charge in [0.25, 0.3) is 5.91 Å². The van der Waals surface area contributed by atoms with Gasteiger partial charge >= 0.3 is 5.69 Å². The molecule has 0 saturated carbocycles. The van der Waals surface area contributed by atoms with Crippen molar-refractivity contribution in [2.45, 2.75) is 26.3 Å². The number of carbonyl (C=O) groups excluding carboxylic acids is 1. The fraction of sp³-hybridized carbons (Fsp3) is 0.312. The topological polar surface area (TPSA) is 75.3 Å². The molecule has 1 aromatic heterocycles. The van der Waals surface area contributed by atoms with E-state index >= 15 is 0 Å². The van der Waals surface area contributed by atoms with E-state index < -0.39 is 11.2 Å². The predicted octanol–water partition coefficient (Wildman–Crippen LogP) is 1.98. The van der Waals surface area contributed by atoms with Crippen molar-refractivity contribution < 1.29 is 9.53 Å². The minimum absolute atomic E-state index is 0.119. The molecule has 6 heteroatoms. The Morgan fingerprint density at radius 2 is 1.91 bits per heavy atom. The molecule has 0 unspecified atom stereocenters. The summed E-state index contributed by atoms with van der Waals surface area (Å²) in [6, 6.07) is 10.7. The van der Waals surface area contributed by atoms with Crippen molar-refractivity contribution in [3.05, 3.63) is 53.1 Å². The summed E-state index contributed by atoms with van der Waals surface area (Å²) in [6.07, 6.45) is 1.37. The summed E-state index contributed by atoms with van der Waals surface area (Å²) in [7, 11) is 0. The molecule has 0 aliphatic carbocycles. The number of carbonyl (C=O) groups is 1. The normalized spacial score (nSPS) is 11.0. The van der Waals surface area contributed by atoms with Crippen LogP contribution in [0.25, 0.3) is 0 Å². The second kappa shape index (κ2) is 6.43. The Morgan fingerprint density at radius 3 is 2.50 bits per heavy atom. The van der Waals surface area contributed by atoms with E-state index in [4.69, 9.17) is 4.74 Å². The third kappa shape index (κ3) is 3.94. The predicted molar refractivity (Wildman–Crippen MR) is 84.0 cm³/mol. The minimum Gasteiger partial charge on any atom is -0.484 e. The zero-order valence-corrected chi connectivity index (χ0v) is 12.9. The zero-order valence-electron chi connectivity index (χ0n) is 12.9. The zero-order chi connectivity index (χ0) is 16.2. The number of amides is 1. The molecule has 116 valence electrons. The maximum absolute atomic E-state index is 12.5. The molecule has 1 N–H and O–H groups in total.